The van der Waals surface area contributed by atoms with Crippen LogP contribution in [0.25, 0.3) is 11.4 Å². The molecule has 2 aromatic rings. The monoisotopic (exact) mass is 384 g/mol. The summed E-state index contributed by atoms with van der Waals surface area (Å²) in [5.74, 6) is -1.48. The van der Waals surface area contributed by atoms with Gasteiger partial charge in [0.05, 0.1) is 0 Å². The Bertz CT molecular complexity index is 863. The minimum Gasteiger partial charge on any atom is -0.490 e. The highest BCUT2D eigenvalue weighted by Gasteiger charge is 2.38. The molecule has 8 nitrogen and oxygen atoms in total. The lowest BCUT2D eigenvalue weighted by molar-refractivity contribution is -0.159. The fourth-order valence-corrected chi connectivity index (χ4v) is 2.27. The maximum absolute atomic E-state index is 12.6. The Morgan fingerprint density at radius 3 is 2.81 bits per heavy atom. The van der Waals surface area contributed by atoms with E-state index in [0.717, 1.165) is 0 Å². The first-order chi connectivity index (χ1) is 12.7. The molecule has 3 rings (SSSR count). The van der Waals surface area contributed by atoms with Crippen LogP contribution in [0.15, 0.2) is 33.9 Å². The molecular weight excluding hydrogens is 369 g/mol. The van der Waals surface area contributed by atoms with E-state index in [0.29, 0.717) is 23.4 Å². The van der Waals surface area contributed by atoms with E-state index in [9.17, 15) is 18.0 Å². The third kappa shape index (κ3) is 4.36. The number of oxime groups is 1. The second kappa shape index (κ2) is 7.25. The summed E-state index contributed by atoms with van der Waals surface area (Å²) < 4.78 is 47.5. The zero-order valence-corrected chi connectivity index (χ0v) is 14.4. The van der Waals surface area contributed by atoms with Crippen LogP contribution < -0.4 is 4.74 Å². The van der Waals surface area contributed by atoms with Crippen LogP contribution in [0, 0.1) is 0 Å². The average molecular weight is 384 g/mol. The number of carbonyl (C=O) groups is 1. The molecule has 0 saturated carbocycles. The minimum absolute atomic E-state index is 0.108. The molecule has 1 aromatic heterocycles. The smallest absolute Gasteiger partial charge is 0.471 e. The number of rotatable bonds is 5. The van der Waals surface area contributed by atoms with Crippen LogP contribution in [-0.2, 0) is 15.8 Å². The molecular formula is C16H15F3N4O4. The van der Waals surface area contributed by atoms with Crippen molar-refractivity contribution in [1.29, 1.82) is 0 Å². The Morgan fingerprint density at radius 1 is 1.37 bits per heavy atom. The summed E-state index contributed by atoms with van der Waals surface area (Å²) in [6.07, 6.45) is -4.84. The second-order valence-electron chi connectivity index (χ2n) is 5.93. The molecule has 1 amide bonds. The van der Waals surface area contributed by atoms with Crippen LogP contribution in [0.3, 0.4) is 0 Å². The van der Waals surface area contributed by atoms with Crippen molar-refractivity contribution in [1.82, 2.24) is 15.0 Å². The van der Waals surface area contributed by atoms with E-state index in [2.05, 4.69) is 19.8 Å². The molecule has 1 aliphatic heterocycles. The average Bonchev–Trinajstić information content (AvgIpc) is 3.29. The largest absolute Gasteiger partial charge is 0.490 e. The maximum atomic E-state index is 12.6. The molecule has 0 fully saturated rings. The van der Waals surface area contributed by atoms with Gasteiger partial charge in [-0.05, 0) is 12.1 Å². The van der Waals surface area contributed by atoms with E-state index in [1.807, 2.05) is 0 Å². The Balaban J connectivity index is 1.61. The van der Waals surface area contributed by atoms with Crippen LogP contribution in [0.5, 0.6) is 5.75 Å². The molecule has 27 heavy (non-hydrogen) atoms. The molecule has 1 atom stereocenters. The van der Waals surface area contributed by atoms with Crippen molar-refractivity contribution in [3.05, 3.63) is 30.2 Å². The predicted octanol–water partition coefficient (Wildman–Crippen LogP) is 2.37. The van der Waals surface area contributed by atoms with E-state index >= 15 is 0 Å². The van der Waals surface area contributed by atoms with Gasteiger partial charge >= 0.3 is 12.1 Å². The van der Waals surface area contributed by atoms with Gasteiger partial charge in [-0.25, -0.2) is 0 Å². The highest BCUT2D eigenvalue weighted by Crippen LogP contribution is 2.30. The molecule has 0 saturated heterocycles. The van der Waals surface area contributed by atoms with E-state index < -0.39 is 18.2 Å². The van der Waals surface area contributed by atoms with Gasteiger partial charge in [0.25, 0.3) is 5.91 Å². The lowest BCUT2D eigenvalue weighted by Crippen LogP contribution is -2.30. The van der Waals surface area contributed by atoms with Crippen molar-refractivity contribution in [3.63, 3.8) is 0 Å². The molecule has 144 valence electrons. The Kier molecular flexibility index (Phi) is 5.02. The number of hydrogen-bond acceptors (Lipinski definition) is 7. The standard InChI is InChI=1S/C16H15F3N4O4/c1-23(2)14(24)12-7-11(26-21-12)8-25-10-5-3-4-9(6-10)13-20-15(27-22-13)16(17,18)19/h3-6,11H,7-8H2,1-2H3. The summed E-state index contributed by atoms with van der Waals surface area (Å²) in [6, 6.07) is 6.21. The third-order valence-corrected chi connectivity index (χ3v) is 3.58. The van der Waals surface area contributed by atoms with Crippen molar-refractivity contribution in [3.8, 4) is 17.1 Å². The summed E-state index contributed by atoms with van der Waals surface area (Å²) in [5.41, 5.74) is 0.604. The predicted molar refractivity (Wildman–Crippen MR) is 85.9 cm³/mol. The van der Waals surface area contributed by atoms with Gasteiger partial charge in [0.1, 0.15) is 18.1 Å². The Morgan fingerprint density at radius 2 is 2.15 bits per heavy atom. The first-order valence-electron chi connectivity index (χ1n) is 7.82. The summed E-state index contributed by atoms with van der Waals surface area (Å²) >= 11 is 0. The summed E-state index contributed by atoms with van der Waals surface area (Å²) in [7, 11) is 3.23. The topological polar surface area (TPSA) is 90.1 Å². The Hall–Kier alpha value is -3.11. The number of hydrogen-bond donors (Lipinski definition) is 0. The number of amides is 1. The first kappa shape index (κ1) is 18.7. The van der Waals surface area contributed by atoms with Crippen LogP contribution in [0.4, 0.5) is 13.2 Å². The Labute approximate surface area is 151 Å². The highest BCUT2D eigenvalue weighted by molar-refractivity contribution is 6.38. The summed E-state index contributed by atoms with van der Waals surface area (Å²) in [5, 5.41) is 7.08. The zero-order chi connectivity index (χ0) is 19.6. The van der Waals surface area contributed by atoms with Crippen molar-refractivity contribution in [2.24, 2.45) is 5.16 Å². The number of nitrogens with zero attached hydrogens (tertiary/aromatic N) is 4. The molecule has 0 radical (unpaired) electrons. The van der Waals surface area contributed by atoms with Crippen molar-refractivity contribution in [2.45, 2.75) is 18.7 Å². The SMILES string of the molecule is CN(C)C(=O)C1=NOC(COc2cccc(-c3noc(C(F)(F)F)n3)c2)C1. The quantitative estimate of drug-likeness (QED) is 0.786. The van der Waals surface area contributed by atoms with Crippen molar-refractivity contribution < 1.29 is 32.1 Å². The molecule has 1 unspecified atom stereocenters. The molecule has 2 heterocycles. The lowest BCUT2D eigenvalue weighted by atomic mass is 10.1. The summed E-state index contributed by atoms with van der Waals surface area (Å²) in [4.78, 5) is 21.7. The van der Waals surface area contributed by atoms with Crippen LogP contribution in [0.1, 0.15) is 12.3 Å². The van der Waals surface area contributed by atoms with Crippen molar-refractivity contribution in [2.75, 3.05) is 20.7 Å². The van der Waals surface area contributed by atoms with Gasteiger partial charge in [0.2, 0.25) is 5.82 Å². The molecule has 1 aromatic carbocycles. The molecule has 0 bridgehead atoms. The lowest BCUT2D eigenvalue weighted by Gasteiger charge is -2.11. The molecule has 11 heteroatoms. The zero-order valence-electron chi connectivity index (χ0n) is 14.4. The fourth-order valence-electron chi connectivity index (χ4n) is 2.27. The van der Waals surface area contributed by atoms with Gasteiger partial charge in [0, 0.05) is 26.1 Å². The number of aromatic nitrogens is 2. The number of ether oxygens (including phenoxy) is 1. The van der Waals surface area contributed by atoms with Crippen LogP contribution >= 0.6 is 0 Å². The molecule has 0 N–H and O–H groups in total. The third-order valence-electron chi connectivity index (χ3n) is 3.58. The van der Waals surface area contributed by atoms with E-state index in [1.54, 1.807) is 26.2 Å². The summed E-state index contributed by atoms with van der Waals surface area (Å²) in [6.45, 7) is 0.108. The maximum Gasteiger partial charge on any atom is 0.471 e. The molecule has 0 spiro atoms. The molecule has 0 aliphatic carbocycles. The number of alkyl halides is 3. The number of halogens is 3. The van der Waals surface area contributed by atoms with Crippen molar-refractivity contribution >= 4 is 11.6 Å². The van der Waals surface area contributed by atoms with Gasteiger partial charge in [-0.2, -0.15) is 18.2 Å². The van der Waals surface area contributed by atoms with Crippen LogP contribution in [0.2, 0.25) is 0 Å². The fraction of sp³-hybridized carbons (Fsp3) is 0.375. The normalized spacial score (nSPS) is 16.6. The van der Waals surface area contributed by atoms with Gasteiger partial charge in [0.15, 0.2) is 6.10 Å². The minimum atomic E-state index is -4.71. The van der Waals surface area contributed by atoms with Crippen LogP contribution in [-0.4, -0.2) is 53.5 Å². The van der Waals surface area contributed by atoms with Gasteiger partial charge in [-0.1, -0.05) is 22.4 Å². The van der Waals surface area contributed by atoms with Gasteiger partial charge in [-0.3, -0.25) is 4.79 Å². The van der Waals surface area contributed by atoms with Gasteiger partial charge in [-0.15, -0.1) is 0 Å². The van der Waals surface area contributed by atoms with E-state index in [-0.39, 0.29) is 18.3 Å². The molecule has 1 aliphatic rings. The number of benzene rings is 1. The number of carbonyl (C=O) groups excluding carboxylic acids is 1. The van der Waals surface area contributed by atoms with E-state index in [4.69, 9.17) is 9.57 Å². The highest BCUT2D eigenvalue weighted by atomic mass is 19.4. The second-order valence-corrected chi connectivity index (χ2v) is 5.93. The first-order valence-corrected chi connectivity index (χ1v) is 7.82. The van der Waals surface area contributed by atoms with E-state index in [1.165, 1.54) is 17.0 Å². The van der Waals surface area contributed by atoms with Gasteiger partial charge < -0.3 is 19.0 Å².